The Kier molecular flexibility index (Phi) is 6.23. The van der Waals surface area contributed by atoms with E-state index in [1.165, 1.54) is 4.90 Å². The zero-order valence-corrected chi connectivity index (χ0v) is 19.3. The number of piperazine rings is 1. The number of para-hydroxylation sites is 3. The van der Waals surface area contributed by atoms with Gasteiger partial charge in [-0.05, 0) is 48.0 Å². The van der Waals surface area contributed by atoms with Crippen LogP contribution in [0.1, 0.15) is 5.56 Å². The van der Waals surface area contributed by atoms with E-state index < -0.39 is 0 Å². The van der Waals surface area contributed by atoms with Crippen molar-refractivity contribution in [3.8, 4) is 5.75 Å². The highest BCUT2D eigenvalue weighted by Crippen LogP contribution is 2.35. The maximum atomic E-state index is 13.4. The van der Waals surface area contributed by atoms with Crippen LogP contribution in [0.25, 0.3) is 6.08 Å². The van der Waals surface area contributed by atoms with Gasteiger partial charge >= 0.3 is 0 Å². The van der Waals surface area contributed by atoms with Gasteiger partial charge in [0.05, 0.1) is 5.69 Å². The number of halogens is 1. The van der Waals surface area contributed by atoms with Gasteiger partial charge in [0.15, 0.2) is 11.5 Å². The van der Waals surface area contributed by atoms with E-state index in [0.717, 1.165) is 24.3 Å². The molecule has 0 aromatic heterocycles. The van der Waals surface area contributed by atoms with Crippen LogP contribution in [-0.2, 0) is 9.59 Å². The van der Waals surface area contributed by atoms with E-state index in [-0.39, 0.29) is 24.1 Å². The zero-order chi connectivity index (χ0) is 23.5. The summed E-state index contributed by atoms with van der Waals surface area (Å²) >= 11 is 6.09. The molecule has 172 valence electrons. The van der Waals surface area contributed by atoms with E-state index in [1.54, 1.807) is 30.3 Å². The van der Waals surface area contributed by atoms with Crippen LogP contribution in [0.15, 0.2) is 84.6 Å². The lowest BCUT2D eigenvalue weighted by atomic mass is 10.1. The van der Waals surface area contributed by atoms with Gasteiger partial charge in [-0.2, -0.15) is 0 Å². The normalized spacial score (nSPS) is 16.9. The Labute approximate surface area is 203 Å². The summed E-state index contributed by atoms with van der Waals surface area (Å²) in [6, 6.07) is 24.6. The van der Waals surface area contributed by atoms with Crippen molar-refractivity contribution in [2.45, 2.75) is 0 Å². The Balaban J connectivity index is 1.33. The van der Waals surface area contributed by atoms with Crippen LogP contribution >= 0.6 is 11.6 Å². The van der Waals surface area contributed by atoms with Crippen LogP contribution < -0.4 is 14.5 Å². The molecular formula is C27H24ClN3O3. The highest BCUT2D eigenvalue weighted by Gasteiger charge is 2.33. The third kappa shape index (κ3) is 4.63. The lowest BCUT2D eigenvalue weighted by Gasteiger charge is -2.37. The van der Waals surface area contributed by atoms with E-state index in [2.05, 4.69) is 17.0 Å². The minimum Gasteiger partial charge on any atom is -0.449 e. The molecule has 5 rings (SSSR count). The van der Waals surface area contributed by atoms with Gasteiger partial charge in [0.1, 0.15) is 6.54 Å². The van der Waals surface area contributed by atoms with E-state index in [9.17, 15) is 9.59 Å². The lowest BCUT2D eigenvalue weighted by molar-refractivity contribution is -0.131. The van der Waals surface area contributed by atoms with Crippen LogP contribution in [0.2, 0.25) is 5.02 Å². The second kappa shape index (κ2) is 9.61. The average Bonchev–Trinajstić information content (AvgIpc) is 2.87. The molecule has 0 saturated carbocycles. The third-order valence-corrected chi connectivity index (χ3v) is 6.26. The van der Waals surface area contributed by atoms with Gasteiger partial charge in [-0.15, -0.1) is 0 Å². The minimum atomic E-state index is -0.352. The number of hydrogen-bond donors (Lipinski definition) is 0. The molecule has 0 radical (unpaired) electrons. The predicted molar refractivity (Wildman–Crippen MR) is 134 cm³/mol. The molecule has 0 N–H and O–H groups in total. The van der Waals surface area contributed by atoms with Gasteiger partial charge in [-0.25, -0.2) is 0 Å². The van der Waals surface area contributed by atoms with E-state index in [1.807, 2.05) is 47.4 Å². The SMILES string of the molecule is O=C(CN1C(=O)C(=Cc2cccc(Cl)c2)Oc2ccccc21)N1CCN(c2ccccc2)CC1. The molecule has 0 bridgehead atoms. The van der Waals surface area contributed by atoms with Crippen LogP contribution in [0.3, 0.4) is 0 Å². The number of anilines is 2. The molecule has 1 fully saturated rings. The molecule has 34 heavy (non-hydrogen) atoms. The molecule has 0 spiro atoms. The molecular weight excluding hydrogens is 450 g/mol. The molecule has 0 aliphatic carbocycles. The van der Waals surface area contributed by atoms with Gasteiger partial charge < -0.3 is 14.5 Å². The summed E-state index contributed by atoms with van der Waals surface area (Å²) in [6.07, 6.45) is 1.65. The van der Waals surface area contributed by atoms with Crippen molar-refractivity contribution in [2.75, 3.05) is 42.5 Å². The largest absolute Gasteiger partial charge is 0.449 e. The van der Waals surface area contributed by atoms with Gasteiger partial charge in [0, 0.05) is 36.9 Å². The van der Waals surface area contributed by atoms with Crippen molar-refractivity contribution in [1.82, 2.24) is 4.90 Å². The highest BCUT2D eigenvalue weighted by molar-refractivity contribution is 6.30. The second-order valence-corrected chi connectivity index (χ2v) is 8.66. The molecule has 2 heterocycles. The molecule has 2 aliphatic rings. The quantitative estimate of drug-likeness (QED) is 0.525. The summed E-state index contributed by atoms with van der Waals surface area (Å²) in [6.45, 7) is 2.68. The van der Waals surface area contributed by atoms with Crippen molar-refractivity contribution < 1.29 is 14.3 Å². The summed E-state index contributed by atoms with van der Waals surface area (Å²) in [5.41, 5.74) is 2.49. The topological polar surface area (TPSA) is 53.1 Å². The maximum Gasteiger partial charge on any atom is 0.294 e. The third-order valence-electron chi connectivity index (χ3n) is 6.03. The summed E-state index contributed by atoms with van der Waals surface area (Å²) in [5, 5.41) is 0.569. The summed E-state index contributed by atoms with van der Waals surface area (Å²) in [4.78, 5) is 32.2. The summed E-state index contributed by atoms with van der Waals surface area (Å²) < 4.78 is 5.90. The number of hydrogen-bond acceptors (Lipinski definition) is 4. The Morgan fingerprint density at radius 1 is 0.912 bits per heavy atom. The van der Waals surface area contributed by atoms with Crippen molar-refractivity contribution in [3.05, 3.63) is 95.2 Å². The average molecular weight is 474 g/mol. The van der Waals surface area contributed by atoms with E-state index >= 15 is 0 Å². The smallest absolute Gasteiger partial charge is 0.294 e. The standard InChI is InChI=1S/C27H24ClN3O3/c28-21-8-6-7-20(17-21)18-25-27(33)31(23-11-4-5-12-24(23)34-25)19-26(32)30-15-13-29(14-16-30)22-9-2-1-3-10-22/h1-12,17-18H,13-16,19H2. The summed E-state index contributed by atoms with van der Waals surface area (Å²) in [7, 11) is 0. The van der Waals surface area contributed by atoms with Crippen molar-refractivity contribution in [1.29, 1.82) is 0 Å². The summed E-state index contributed by atoms with van der Waals surface area (Å²) in [5.74, 6) is 0.259. The van der Waals surface area contributed by atoms with Gasteiger partial charge in [0.2, 0.25) is 5.91 Å². The molecule has 6 nitrogen and oxygen atoms in total. The molecule has 3 aromatic rings. The molecule has 1 saturated heterocycles. The minimum absolute atomic E-state index is 0.0442. The van der Waals surface area contributed by atoms with Crippen molar-refractivity contribution in [3.63, 3.8) is 0 Å². The highest BCUT2D eigenvalue weighted by atomic mass is 35.5. The second-order valence-electron chi connectivity index (χ2n) is 8.23. The van der Waals surface area contributed by atoms with Crippen molar-refractivity contribution in [2.24, 2.45) is 0 Å². The molecule has 0 unspecified atom stereocenters. The number of carbonyl (C=O) groups excluding carboxylic acids is 2. The first-order chi connectivity index (χ1) is 16.6. The molecule has 7 heteroatoms. The van der Waals surface area contributed by atoms with Gasteiger partial charge in [-0.1, -0.05) is 54.1 Å². The molecule has 3 aromatic carbocycles. The Morgan fingerprint density at radius 2 is 1.65 bits per heavy atom. The van der Waals surface area contributed by atoms with Crippen LogP contribution in [0, 0.1) is 0 Å². The first-order valence-corrected chi connectivity index (χ1v) is 11.6. The fraction of sp³-hybridized carbons (Fsp3) is 0.185. The maximum absolute atomic E-state index is 13.4. The van der Waals surface area contributed by atoms with E-state index in [0.29, 0.717) is 29.5 Å². The van der Waals surface area contributed by atoms with Crippen LogP contribution in [-0.4, -0.2) is 49.4 Å². The Bertz CT molecular complexity index is 1240. The first-order valence-electron chi connectivity index (χ1n) is 11.2. The van der Waals surface area contributed by atoms with Crippen LogP contribution in [0.5, 0.6) is 5.75 Å². The number of fused-ring (bicyclic) bond motifs is 1. The van der Waals surface area contributed by atoms with Gasteiger partial charge in [0.25, 0.3) is 5.91 Å². The number of rotatable bonds is 4. The number of amides is 2. The number of nitrogens with zero attached hydrogens (tertiary/aromatic N) is 3. The predicted octanol–water partition coefficient (Wildman–Crippen LogP) is 4.46. The first kappa shape index (κ1) is 22.0. The lowest BCUT2D eigenvalue weighted by Crippen LogP contribution is -2.52. The van der Waals surface area contributed by atoms with Crippen LogP contribution in [0.4, 0.5) is 11.4 Å². The Hall–Kier alpha value is -3.77. The molecule has 2 amide bonds. The van der Waals surface area contributed by atoms with E-state index in [4.69, 9.17) is 16.3 Å². The van der Waals surface area contributed by atoms with Crippen molar-refractivity contribution >= 4 is 40.9 Å². The Morgan fingerprint density at radius 3 is 2.41 bits per heavy atom. The molecule has 0 atom stereocenters. The monoisotopic (exact) mass is 473 g/mol. The molecule has 2 aliphatic heterocycles. The number of carbonyl (C=O) groups is 2. The van der Waals surface area contributed by atoms with Gasteiger partial charge in [-0.3, -0.25) is 14.5 Å². The fourth-order valence-electron chi connectivity index (χ4n) is 4.26. The fourth-order valence-corrected chi connectivity index (χ4v) is 4.45. The zero-order valence-electron chi connectivity index (χ0n) is 18.6. The number of benzene rings is 3. The number of ether oxygens (including phenoxy) is 1.